The van der Waals surface area contributed by atoms with Crippen LogP contribution in [0.4, 0.5) is 5.69 Å². The van der Waals surface area contributed by atoms with Crippen LogP contribution in [0.3, 0.4) is 0 Å². The zero-order chi connectivity index (χ0) is 19.2. The van der Waals surface area contributed by atoms with Gasteiger partial charge in [0.05, 0.1) is 16.6 Å². The van der Waals surface area contributed by atoms with Crippen molar-refractivity contribution >= 4 is 27.3 Å². The van der Waals surface area contributed by atoms with E-state index < -0.39 is 10.0 Å². The predicted molar refractivity (Wildman–Crippen MR) is 110 cm³/mol. The molecule has 2 bridgehead atoms. The summed E-state index contributed by atoms with van der Waals surface area (Å²) in [6, 6.07) is 14.4. The number of halogens is 1. The molecule has 0 unspecified atom stereocenters. The number of sulfonamides is 1. The summed E-state index contributed by atoms with van der Waals surface area (Å²) in [5.41, 5.74) is 1.73. The molecule has 6 heteroatoms. The van der Waals surface area contributed by atoms with E-state index in [1.165, 1.54) is 0 Å². The Morgan fingerprint density at radius 3 is 2.15 bits per heavy atom. The van der Waals surface area contributed by atoms with Crippen molar-refractivity contribution in [2.45, 2.75) is 43.7 Å². The number of nitrogens with zero attached hydrogens (tertiary/aromatic N) is 2. The third kappa shape index (κ3) is 3.37. The van der Waals surface area contributed by atoms with Crippen LogP contribution in [0.25, 0.3) is 0 Å². The van der Waals surface area contributed by atoms with Gasteiger partial charge in [-0.2, -0.15) is 0 Å². The van der Waals surface area contributed by atoms with Gasteiger partial charge in [0.25, 0.3) is 10.0 Å². The minimum atomic E-state index is -3.68. The van der Waals surface area contributed by atoms with Crippen LogP contribution in [-0.2, 0) is 10.0 Å². The number of piperidine rings is 3. The quantitative estimate of drug-likeness (QED) is 0.761. The van der Waals surface area contributed by atoms with E-state index in [0.717, 1.165) is 31.5 Å². The van der Waals surface area contributed by atoms with Gasteiger partial charge in [0.1, 0.15) is 0 Å². The maximum absolute atomic E-state index is 13.7. The number of anilines is 1. The maximum atomic E-state index is 13.7. The third-order valence-corrected chi connectivity index (χ3v) is 8.15. The summed E-state index contributed by atoms with van der Waals surface area (Å²) in [5, 5.41) is 0.605. The van der Waals surface area contributed by atoms with Crippen LogP contribution in [0.1, 0.15) is 25.3 Å². The second-order valence-corrected chi connectivity index (χ2v) is 9.95. The van der Waals surface area contributed by atoms with Crippen molar-refractivity contribution < 1.29 is 8.42 Å². The molecule has 5 rings (SSSR count). The molecule has 2 atom stereocenters. The molecule has 144 valence electrons. The van der Waals surface area contributed by atoms with Crippen LogP contribution in [0, 0.1) is 12.8 Å². The molecule has 27 heavy (non-hydrogen) atoms. The summed E-state index contributed by atoms with van der Waals surface area (Å²) in [6.07, 6.45) is 2.09. The Bertz CT molecular complexity index is 902. The minimum absolute atomic E-state index is 0.0695. The highest BCUT2D eigenvalue weighted by atomic mass is 35.5. The summed E-state index contributed by atoms with van der Waals surface area (Å²) >= 11 is 6.07. The lowest BCUT2D eigenvalue weighted by Crippen LogP contribution is -2.63. The molecule has 3 heterocycles. The van der Waals surface area contributed by atoms with E-state index in [-0.39, 0.29) is 12.1 Å². The first-order chi connectivity index (χ1) is 12.9. The molecular weight excluding hydrogens is 380 g/mol. The molecule has 3 fully saturated rings. The van der Waals surface area contributed by atoms with Crippen molar-refractivity contribution in [3.8, 4) is 0 Å². The highest BCUT2D eigenvalue weighted by Gasteiger charge is 2.46. The molecule has 0 spiro atoms. The number of hydrogen-bond donors (Lipinski definition) is 0. The number of rotatable bonds is 4. The van der Waals surface area contributed by atoms with Crippen molar-refractivity contribution in [1.29, 1.82) is 0 Å². The first-order valence-electron chi connectivity index (χ1n) is 9.48. The van der Waals surface area contributed by atoms with Crippen molar-refractivity contribution in [2.24, 2.45) is 5.92 Å². The maximum Gasteiger partial charge on any atom is 0.264 e. The fraction of sp³-hybridized carbons (Fsp3) is 0.429. The van der Waals surface area contributed by atoms with E-state index in [1.807, 2.05) is 31.2 Å². The van der Waals surface area contributed by atoms with Crippen molar-refractivity contribution in [3.63, 3.8) is 0 Å². The smallest absolute Gasteiger partial charge is 0.264 e. The van der Waals surface area contributed by atoms with E-state index in [4.69, 9.17) is 11.6 Å². The first-order valence-corrected chi connectivity index (χ1v) is 11.3. The molecule has 0 radical (unpaired) electrons. The zero-order valence-electron chi connectivity index (χ0n) is 15.7. The highest BCUT2D eigenvalue weighted by molar-refractivity contribution is 7.92. The first kappa shape index (κ1) is 18.8. The van der Waals surface area contributed by atoms with Gasteiger partial charge in [0.15, 0.2) is 0 Å². The van der Waals surface area contributed by atoms with Crippen LogP contribution < -0.4 is 4.31 Å². The summed E-state index contributed by atoms with van der Waals surface area (Å²) < 4.78 is 29.1. The predicted octanol–water partition coefficient (Wildman–Crippen LogP) is 4.33. The Hall–Kier alpha value is -1.56. The molecule has 0 saturated carbocycles. The number of hydrogen-bond acceptors (Lipinski definition) is 3. The summed E-state index contributed by atoms with van der Waals surface area (Å²) in [6.45, 7) is 6.23. The van der Waals surface area contributed by atoms with Gasteiger partial charge in [-0.1, -0.05) is 29.3 Å². The van der Waals surface area contributed by atoms with Gasteiger partial charge in [-0.05, 0) is 82.1 Å². The minimum Gasteiger partial charge on any atom is -0.299 e. The monoisotopic (exact) mass is 404 g/mol. The van der Waals surface area contributed by atoms with E-state index in [2.05, 4.69) is 11.8 Å². The molecule has 0 N–H and O–H groups in total. The van der Waals surface area contributed by atoms with Crippen LogP contribution in [-0.4, -0.2) is 38.5 Å². The normalized spacial score (nSPS) is 27.5. The van der Waals surface area contributed by atoms with Crippen LogP contribution in [0.15, 0.2) is 53.4 Å². The van der Waals surface area contributed by atoms with E-state index in [0.29, 0.717) is 21.5 Å². The Morgan fingerprint density at radius 1 is 1.00 bits per heavy atom. The number of fused-ring (bicyclic) bond motifs is 3. The van der Waals surface area contributed by atoms with Gasteiger partial charge in [-0.25, -0.2) is 8.42 Å². The van der Waals surface area contributed by atoms with E-state index in [1.54, 1.807) is 28.6 Å². The summed E-state index contributed by atoms with van der Waals surface area (Å²) in [4.78, 5) is 2.75. The van der Waals surface area contributed by atoms with Gasteiger partial charge in [0.2, 0.25) is 0 Å². The third-order valence-electron chi connectivity index (χ3n) is 6.06. The Balaban J connectivity index is 1.83. The average Bonchev–Trinajstić information content (AvgIpc) is 2.66. The van der Waals surface area contributed by atoms with Gasteiger partial charge in [-0.3, -0.25) is 9.21 Å². The second kappa shape index (κ2) is 7.12. The Morgan fingerprint density at radius 2 is 1.59 bits per heavy atom. The SMILES string of the molecule is Cc1ccc(S(=O)(=O)N(c2ccc(Cl)cc2)[C@@H]2C3CCN(CC3)[C@H]2C)cc1. The second-order valence-electron chi connectivity index (χ2n) is 7.69. The molecule has 0 aliphatic carbocycles. The van der Waals surface area contributed by atoms with Gasteiger partial charge in [-0.15, -0.1) is 0 Å². The Labute approximate surface area is 166 Å². The summed E-state index contributed by atoms with van der Waals surface area (Å²) in [5.74, 6) is 0.376. The number of benzene rings is 2. The van der Waals surface area contributed by atoms with Crippen molar-refractivity contribution in [1.82, 2.24) is 4.90 Å². The summed E-state index contributed by atoms with van der Waals surface area (Å²) in [7, 11) is -3.68. The van der Waals surface area contributed by atoms with E-state index in [9.17, 15) is 8.42 Å². The largest absolute Gasteiger partial charge is 0.299 e. The lowest BCUT2D eigenvalue weighted by atomic mass is 9.79. The van der Waals surface area contributed by atoms with Crippen molar-refractivity contribution in [2.75, 3.05) is 17.4 Å². The van der Waals surface area contributed by atoms with E-state index >= 15 is 0 Å². The molecular formula is C21H25ClN2O2S. The molecule has 3 aliphatic rings. The molecule has 0 amide bonds. The van der Waals surface area contributed by atoms with Crippen LogP contribution >= 0.6 is 11.6 Å². The average molecular weight is 405 g/mol. The van der Waals surface area contributed by atoms with Gasteiger partial charge in [0, 0.05) is 11.1 Å². The van der Waals surface area contributed by atoms with Gasteiger partial charge >= 0.3 is 0 Å². The molecule has 0 aromatic heterocycles. The van der Waals surface area contributed by atoms with Crippen LogP contribution in [0.2, 0.25) is 5.02 Å². The highest BCUT2D eigenvalue weighted by Crippen LogP contribution is 2.40. The topological polar surface area (TPSA) is 40.6 Å². The molecule has 3 saturated heterocycles. The number of aryl methyl sites for hydroxylation is 1. The Kier molecular flexibility index (Phi) is 4.95. The molecule has 2 aromatic rings. The lowest BCUT2D eigenvalue weighted by molar-refractivity contribution is 0.0400. The molecule has 4 nitrogen and oxygen atoms in total. The molecule has 3 aliphatic heterocycles. The fourth-order valence-corrected chi connectivity index (χ4v) is 6.45. The zero-order valence-corrected chi connectivity index (χ0v) is 17.2. The lowest BCUT2D eigenvalue weighted by Gasteiger charge is -2.53. The van der Waals surface area contributed by atoms with Crippen LogP contribution in [0.5, 0.6) is 0 Å². The molecule has 2 aromatic carbocycles. The van der Waals surface area contributed by atoms with Crippen molar-refractivity contribution in [3.05, 3.63) is 59.1 Å². The van der Waals surface area contributed by atoms with Gasteiger partial charge < -0.3 is 0 Å². The standard InChI is InChI=1S/C21H25ClN2O2S/c1-15-3-9-20(10-4-15)27(25,26)24(19-7-5-18(22)6-8-19)21-16(2)23-13-11-17(21)12-14-23/h3-10,16-17,21H,11-14H2,1-2H3/t16-,21-/m0/s1. The fourth-order valence-electron chi connectivity index (χ4n) is 4.55.